The van der Waals surface area contributed by atoms with E-state index in [1.165, 1.54) is 9.87 Å². The molecular formula is C21H26N2O4S. The number of rotatable bonds is 6. The highest BCUT2D eigenvalue weighted by molar-refractivity contribution is 7.89. The summed E-state index contributed by atoms with van der Waals surface area (Å²) in [4.78, 5) is 12.5. The fraction of sp³-hybridized carbons (Fsp3) is 0.381. The standard InChI is InChI=1S/C21H26N2O4S/c1-16-8-9-19(14-17(16)2)27-15-21(24)22-18-10-12-23(13-11-18)28(25,26)20-6-4-3-5-7-20/h3-9,14,18H,10-13,15H2,1-2H3,(H,22,24). The van der Waals surface area contributed by atoms with E-state index >= 15 is 0 Å². The zero-order valence-electron chi connectivity index (χ0n) is 16.2. The van der Waals surface area contributed by atoms with Gasteiger partial charge in [0.15, 0.2) is 6.61 Å². The summed E-state index contributed by atoms with van der Waals surface area (Å²) in [6.45, 7) is 4.75. The molecule has 0 unspecified atom stereocenters. The van der Waals surface area contributed by atoms with E-state index in [9.17, 15) is 13.2 Å². The molecule has 2 aromatic rings. The first-order chi connectivity index (χ1) is 13.4. The number of aryl methyl sites for hydroxylation is 2. The lowest BCUT2D eigenvalue weighted by atomic mass is 10.1. The topological polar surface area (TPSA) is 75.7 Å². The second-order valence-corrected chi connectivity index (χ2v) is 9.03. The van der Waals surface area contributed by atoms with Gasteiger partial charge in [0.2, 0.25) is 10.0 Å². The first-order valence-corrected chi connectivity index (χ1v) is 10.8. The number of hydrogen-bond acceptors (Lipinski definition) is 4. The Hall–Kier alpha value is -2.38. The maximum absolute atomic E-state index is 12.6. The van der Waals surface area contributed by atoms with Crippen LogP contribution in [0.5, 0.6) is 5.75 Å². The molecule has 0 bridgehead atoms. The van der Waals surface area contributed by atoms with Crippen molar-refractivity contribution in [1.82, 2.24) is 9.62 Å². The Morgan fingerprint density at radius 1 is 1.07 bits per heavy atom. The van der Waals surface area contributed by atoms with Gasteiger partial charge < -0.3 is 10.1 Å². The van der Waals surface area contributed by atoms with Gasteiger partial charge in [-0.3, -0.25) is 4.79 Å². The predicted molar refractivity (Wildman–Crippen MR) is 108 cm³/mol. The van der Waals surface area contributed by atoms with E-state index in [0.717, 1.165) is 5.56 Å². The second-order valence-electron chi connectivity index (χ2n) is 7.09. The van der Waals surface area contributed by atoms with E-state index in [0.29, 0.717) is 36.6 Å². The minimum Gasteiger partial charge on any atom is -0.484 e. The van der Waals surface area contributed by atoms with Crippen molar-refractivity contribution in [1.29, 1.82) is 0 Å². The number of benzene rings is 2. The monoisotopic (exact) mass is 402 g/mol. The third kappa shape index (κ3) is 4.91. The molecule has 0 saturated carbocycles. The van der Waals surface area contributed by atoms with Gasteiger partial charge in [0, 0.05) is 19.1 Å². The Bertz CT molecular complexity index is 921. The molecule has 1 heterocycles. The van der Waals surface area contributed by atoms with Crippen LogP contribution in [0.15, 0.2) is 53.4 Å². The minimum atomic E-state index is -3.47. The van der Waals surface area contributed by atoms with Crippen LogP contribution in [-0.2, 0) is 14.8 Å². The zero-order valence-corrected chi connectivity index (χ0v) is 17.0. The Morgan fingerprint density at radius 3 is 2.39 bits per heavy atom. The highest BCUT2D eigenvalue weighted by Crippen LogP contribution is 2.21. The maximum Gasteiger partial charge on any atom is 0.258 e. The molecule has 1 aliphatic heterocycles. The van der Waals surface area contributed by atoms with Crippen molar-refractivity contribution in [2.45, 2.75) is 37.6 Å². The van der Waals surface area contributed by atoms with Gasteiger partial charge in [-0.2, -0.15) is 4.31 Å². The van der Waals surface area contributed by atoms with Crippen LogP contribution in [0.1, 0.15) is 24.0 Å². The van der Waals surface area contributed by atoms with Crippen molar-refractivity contribution >= 4 is 15.9 Å². The molecule has 6 nitrogen and oxygen atoms in total. The Kier molecular flexibility index (Phi) is 6.36. The number of nitrogens with one attached hydrogen (secondary N) is 1. The van der Waals surface area contributed by atoms with E-state index in [-0.39, 0.29) is 18.6 Å². The van der Waals surface area contributed by atoms with Crippen LogP contribution < -0.4 is 10.1 Å². The van der Waals surface area contributed by atoms with Gasteiger partial charge in [-0.25, -0.2) is 8.42 Å². The molecule has 0 atom stereocenters. The number of ether oxygens (including phenoxy) is 1. The average Bonchev–Trinajstić information content (AvgIpc) is 2.70. The van der Waals surface area contributed by atoms with E-state index in [1.54, 1.807) is 30.3 Å². The molecule has 0 aromatic heterocycles. The first-order valence-electron chi connectivity index (χ1n) is 9.41. The van der Waals surface area contributed by atoms with Gasteiger partial charge >= 0.3 is 0 Å². The number of carbonyl (C=O) groups is 1. The molecule has 1 fully saturated rings. The Morgan fingerprint density at radius 2 is 1.75 bits per heavy atom. The van der Waals surface area contributed by atoms with Crippen molar-refractivity contribution in [3.8, 4) is 5.75 Å². The van der Waals surface area contributed by atoms with Crippen LogP contribution in [0.2, 0.25) is 0 Å². The molecule has 3 rings (SSSR count). The van der Waals surface area contributed by atoms with Crippen molar-refractivity contribution in [3.63, 3.8) is 0 Å². The quantitative estimate of drug-likeness (QED) is 0.806. The summed E-state index contributed by atoms with van der Waals surface area (Å²) in [5, 5.41) is 2.94. The number of sulfonamides is 1. The SMILES string of the molecule is Cc1ccc(OCC(=O)NC2CCN(S(=O)(=O)c3ccccc3)CC2)cc1C. The highest BCUT2D eigenvalue weighted by atomic mass is 32.2. The van der Waals surface area contributed by atoms with Gasteiger partial charge in [0.05, 0.1) is 4.90 Å². The summed E-state index contributed by atoms with van der Waals surface area (Å²) >= 11 is 0. The first kappa shape index (κ1) is 20.4. The molecule has 1 aliphatic rings. The van der Waals surface area contributed by atoms with Crippen LogP contribution in [0, 0.1) is 13.8 Å². The molecule has 150 valence electrons. The highest BCUT2D eigenvalue weighted by Gasteiger charge is 2.29. The number of amides is 1. The summed E-state index contributed by atoms with van der Waals surface area (Å²) in [6.07, 6.45) is 1.17. The van der Waals surface area contributed by atoms with Crippen LogP contribution in [0.3, 0.4) is 0 Å². The molecule has 0 radical (unpaired) electrons. The van der Waals surface area contributed by atoms with Crippen molar-refractivity contribution in [3.05, 3.63) is 59.7 Å². The van der Waals surface area contributed by atoms with E-state index in [4.69, 9.17) is 4.74 Å². The maximum atomic E-state index is 12.6. The number of piperidine rings is 1. The van der Waals surface area contributed by atoms with E-state index < -0.39 is 10.0 Å². The molecule has 1 saturated heterocycles. The minimum absolute atomic E-state index is 0.0434. The molecule has 1 amide bonds. The molecule has 0 spiro atoms. The average molecular weight is 403 g/mol. The van der Waals surface area contributed by atoms with Crippen molar-refractivity contribution in [2.75, 3.05) is 19.7 Å². The third-order valence-corrected chi connectivity index (χ3v) is 6.96. The Labute approximate surface area is 166 Å². The molecular weight excluding hydrogens is 376 g/mol. The van der Waals surface area contributed by atoms with Crippen LogP contribution in [0.4, 0.5) is 0 Å². The van der Waals surface area contributed by atoms with Gasteiger partial charge in [-0.15, -0.1) is 0 Å². The van der Waals surface area contributed by atoms with E-state index in [2.05, 4.69) is 5.32 Å². The van der Waals surface area contributed by atoms with Crippen molar-refractivity contribution in [2.24, 2.45) is 0 Å². The summed E-state index contributed by atoms with van der Waals surface area (Å²) in [5.74, 6) is 0.476. The molecule has 0 aliphatic carbocycles. The molecule has 1 N–H and O–H groups in total. The van der Waals surface area contributed by atoms with Gasteiger partial charge in [0.25, 0.3) is 5.91 Å². The fourth-order valence-corrected chi connectivity index (χ4v) is 4.69. The van der Waals surface area contributed by atoms with Gasteiger partial charge in [-0.1, -0.05) is 24.3 Å². The summed E-state index contributed by atoms with van der Waals surface area (Å²) in [6, 6.07) is 14.1. The van der Waals surface area contributed by atoms with Crippen LogP contribution in [-0.4, -0.2) is 44.4 Å². The third-order valence-electron chi connectivity index (χ3n) is 5.05. The fourth-order valence-electron chi connectivity index (χ4n) is 3.20. The normalized spacial score (nSPS) is 15.9. The van der Waals surface area contributed by atoms with Crippen LogP contribution in [0.25, 0.3) is 0 Å². The van der Waals surface area contributed by atoms with Gasteiger partial charge in [-0.05, 0) is 62.1 Å². The van der Waals surface area contributed by atoms with Gasteiger partial charge in [0.1, 0.15) is 5.75 Å². The number of carbonyl (C=O) groups excluding carboxylic acids is 1. The molecule has 7 heteroatoms. The zero-order chi connectivity index (χ0) is 20.1. The lowest BCUT2D eigenvalue weighted by molar-refractivity contribution is -0.124. The summed E-state index contributed by atoms with van der Waals surface area (Å²) in [7, 11) is -3.47. The summed E-state index contributed by atoms with van der Waals surface area (Å²) in [5.41, 5.74) is 2.29. The number of hydrogen-bond donors (Lipinski definition) is 1. The van der Waals surface area contributed by atoms with Crippen molar-refractivity contribution < 1.29 is 17.9 Å². The predicted octanol–water partition coefficient (Wildman–Crippen LogP) is 2.65. The largest absolute Gasteiger partial charge is 0.484 e. The van der Waals surface area contributed by atoms with E-state index in [1.807, 2.05) is 32.0 Å². The molecule has 2 aromatic carbocycles. The Balaban J connectivity index is 1.47. The summed E-state index contributed by atoms with van der Waals surface area (Å²) < 4.78 is 32.3. The smallest absolute Gasteiger partial charge is 0.258 e. The lowest BCUT2D eigenvalue weighted by Crippen LogP contribution is -2.47. The van der Waals surface area contributed by atoms with Crippen LogP contribution >= 0.6 is 0 Å². The second kappa shape index (κ2) is 8.75. The molecule has 28 heavy (non-hydrogen) atoms. The lowest BCUT2D eigenvalue weighted by Gasteiger charge is -2.31. The number of nitrogens with zero attached hydrogens (tertiary/aromatic N) is 1.